The first-order chi connectivity index (χ1) is 17.6. The van der Waals surface area contributed by atoms with Gasteiger partial charge >= 0.3 is 0 Å². The zero-order valence-corrected chi connectivity index (χ0v) is 20.6. The third-order valence-corrected chi connectivity index (χ3v) is 8.30. The van der Waals surface area contributed by atoms with Crippen molar-refractivity contribution in [2.24, 2.45) is 7.05 Å². The van der Waals surface area contributed by atoms with E-state index < -0.39 is 0 Å². The number of pyridine rings is 2. The summed E-state index contributed by atoms with van der Waals surface area (Å²) < 4.78 is 4.89. The number of hydrogen-bond donors (Lipinski definition) is 0. The number of fused-ring (bicyclic) bond motifs is 7. The lowest BCUT2D eigenvalue weighted by Crippen LogP contribution is -2.29. The second-order valence-electron chi connectivity index (χ2n) is 10.1. The third-order valence-electron chi connectivity index (χ3n) is 8.30. The van der Waals surface area contributed by atoms with Crippen LogP contribution >= 0.6 is 0 Å². The lowest BCUT2D eigenvalue weighted by molar-refractivity contribution is -0.643. The molecule has 0 saturated carbocycles. The van der Waals surface area contributed by atoms with Gasteiger partial charge in [-0.3, -0.25) is 0 Å². The summed E-state index contributed by atoms with van der Waals surface area (Å²) in [6.45, 7) is 4.60. The molecule has 0 spiro atoms. The molecule has 8 aromatic rings. The van der Waals surface area contributed by atoms with Gasteiger partial charge in [-0.15, -0.1) is 0 Å². The lowest BCUT2D eigenvalue weighted by atomic mass is 9.90. The van der Waals surface area contributed by atoms with Crippen LogP contribution < -0.4 is 4.57 Å². The molecule has 0 saturated heterocycles. The highest BCUT2D eigenvalue weighted by Crippen LogP contribution is 2.46. The Morgan fingerprint density at radius 3 is 2.03 bits per heavy atom. The van der Waals surface area contributed by atoms with E-state index in [9.17, 15) is 0 Å². The molecule has 0 aliphatic heterocycles. The number of aromatic nitrogens is 2. The van der Waals surface area contributed by atoms with Crippen molar-refractivity contribution in [1.29, 1.82) is 0 Å². The average Bonchev–Trinajstić information content (AvgIpc) is 3.26. The molecule has 170 valence electrons. The van der Waals surface area contributed by atoms with E-state index in [1.807, 2.05) is 0 Å². The second kappa shape index (κ2) is 6.83. The van der Waals surface area contributed by atoms with E-state index in [4.69, 9.17) is 0 Å². The summed E-state index contributed by atoms with van der Waals surface area (Å²) in [6, 6.07) is 33.3. The minimum atomic E-state index is 1.26. The van der Waals surface area contributed by atoms with E-state index in [0.29, 0.717) is 0 Å². The summed E-state index contributed by atoms with van der Waals surface area (Å²) in [5, 5.41) is 9.29. The van der Waals surface area contributed by atoms with Gasteiger partial charge < -0.3 is 4.40 Å². The normalized spacial score (nSPS) is 12.3. The molecule has 5 aromatic carbocycles. The Hall–Kier alpha value is -4.43. The van der Waals surface area contributed by atoms with Gasteiger partial charge in [0.2, 0.25) is 5.52 Å². The summed E-state index contributed by atoms with van der Waals surface area (Å²) in [5.41, 5.74) is 10.5. The fourth-order valence-electron chi connectivity index (χ4n) is 6.72. The topological polar surface area (TPSA) is 8.29 Å². The molecule has 36 heavy (non-hydrogen) atoms. The highest BCUT2D eigenvalue weighted by molar-refractivity contribution is 6.31. The fraction of sp³-hybridized carbons (Fsp3) is 0.0882. The van der Waals surface area contributed by atoms with Gasteiger partial charge in [0.05, 0.1) is 27.3 Å². The highest BCUT2D eigenvalue weighted by atomic mass is 15.0. The first kappa shape index (κ1) is 19.8. The van der Waals surface area contributed by atoms with Gasteiger partial charge in [0.25, 0.3) is 0 Å². The van der Waals surface area contributed by atoms with Crippen LogP contribution in [-0.2, 0) is 7.05 Å². The molecule has 0 unspecified atom stereocenters. The molecule has 0 bridgehead atoms. The zero-order chi connectivity index (χ0) is 24.1. The maximum Gasteiger partial charge on any atom is 0.224 e. The predicted molar refractivity (Wildman–Crippen MR) is 152 cm³/mol. The Morgan fingerprint density at radius 2 is 1.25 bits per heavy atom. The average molecular weight is 462 g/mol. The van der Waals surface area contributed by atoms with Crippen LogP contribution in [0.1, 0.15) is 11.1 Å². The van der Waals surface area contributed by atoms with Gasteiger partial charge in [-0.1, -0.05) is 72.8 Å². The first-order valence-electron chi connectivity index (χ1n) is 12.6. The molecule has 0 radical (unpaired) electrons. The molecule has 2 heteroatoms. The summed E-state index contributed by atoms with van der Waals surface area (Å²) in [4.78, 5) is 0. The van der Waals surface area contributed by atoms with Gasteiger partial charge in [-0.2, -0.15) is 0 Å². The van der Waals surface area contributed by atoms with Crippen molar-refractivity contribution in [3.05, 3.63) is 108 Å². The molecular formula is C34H25N2+. The van der Waals surface area contributed by atoms with Crippen molar-refractivity contribution in [3.63, 3.8) is 0 Å². The van der Waals surface area contributed by atoms with Crippen molar-refractivity contribution in [3.8, 4) is 11.1 Å². The predicted octanol–water partition coefficient (Wildman–Crippen LogP) is 8.25. The third kappa shape index (κ3) is 2.29. The van der Waals surface area contributed by atoms with Crippen LogP contribution in [-0.4, -0.2) is 4.40 Å². The number of hydrogen-bond acceptors (Lipinski definition) is 0. The molecule has 0 aliphatic rings. The zero-order valence-electron chi connectivity index (χ0n) is 20.6. The lowest BCUT2D eigenvalue weighted by Gasteiger charge is -2.18. The number of rotatable bonds is 1. The van der Waals surface area contributed by atoms with Crippen LogP contribution in [0, 0.1) is 13.8 Å². The van der Waals surface area contributed by atoms with Crippen molar-refractivity contribution in [2.45, 2.75) is 13.8 Å². The molecule has 8 rings (SSSR count). The highest BCUT2D eigenvalue weighted by Gasteiger charge is 2.27. The van der Waals surface area contributed by atoms with E-state index in [1.165, 1.54) is 82.0 Å². The molecular weight excluding hydrogens is 436 g/mol. The Balaban J connectivity index is 1.81. The Bertz CT molecular complexity index is 2160. The second-order valence-corrected chi connectivity index (χ2v) is 10.1. The van der Waals surface area contributed by atoms with Crippen LogP contribution in [0.2, 0.25) is 0 Å². The van der Waals surface area contributed by atoms with Gasteiger partial charge in [-0.25, -0.2) is 4.57 Å². The summed E-state index contributed by atoms with van der Waals surface area (Å²) in [6.07, 6.45) is 2.24. The smallest absolute Gasteiger partial charge is 0.224 e. The molecule has 0 aliphatic carbocycles. The summed E-state index contributed by atoms with van der Waals surface area (Å²) in [5.74, 6) is 0. The van der Waals surface area contributed by atoms with Crippen molar-refractivity contribution in [1.82, 2.24) is 4.40 Å². The first-order valence-corrected chi connectivity index (χ1v) is 12.6. The molecule has 2 nitrogen and oxygen atoms in total. The number of aryl methyl sites for hydroxylation is 3. The van der Waals surface area contributed by atoms with E-state index >= 15 is 0 Å². The molecule has 0 atom stereocenters. The van der Waals surface area contributed by atoms with Gasteiger partial charge in [0.1, 0.15) is 7.05 Å². The van der Waals surface area contributed by atoms with Crippen molar-refractivity contribution in [2.75, 3.05) is 0 Å². The minimum Gasteiger partial charge on any atom is -0.307 e. The molecule has 3 heterocycles. The van der Waals surface area contributed by atoms with Gasteiger partial charge in [0.15, 0.2) is 6.20 Å². The fourth-order valence-corrected chi connectivity index (χ4v) is 6.72. The quantitative estimate of drug-likeness (QED) is 0.132. The van der Waals surface area contributed by atoms with Crippen LogP contribution in [0.15, 0.2) is 97.2 Å². The Morgan fingerprint density at radius 1 is 0.583 bits per heavy atom. The standard InChI is InChI=1S/C34H25N2/c1-20-23-13-7-8-14-24(23)21(2)32-30(20)34-31-26(17-18-35(34)3)27(22-11-5-4-6-12-22)19-28-25-15-9-10-16-29(25)36(32)33(28)31/h4-19H,1-3H3/q+1. The molecule has 0 N–H and O–H groups in total. The van der Waals surface area contributed by atoms with Gasteiger partial charge in [0, 0.05) is 22.2 Å². The van der Waals surface area contributed by atoms with E-state index in [0.717, 1.165) is 0 Å². The Kier molecular flexibility index (Phi) is 3.76. The summed E-state index contributed by atoms with van der Waals surface area (Å²) in [7, 11) is 2.20. The van der Waals surface area contributed by atoms with E-state index in [-0.39, 0.29) is 0 Å². The maximum atomic E-state index is 2.55. The van der Waals surface area contributed by atoms with Crippen molar-refractivity contribution < 1.29 is 4.57 Å². The molecule has 3 aromatic heterocycles. The van der Waals surface area contributed by atoms with Crippen LogP contribution in [0.3, 0.4) is 0 Å². The number of benzene rings is 5. The van der Waals surface area contributed by atoms with Crippen molar-refractivity contribution >= 4 is 59.8 Å². The molecule has 0 amide bonds. The van der Waals surface area contributed by atoms with Crippen LogP contribution in [0.4, 0.5) is 0 Å². The minimum absolute atomic E-state index is 1.26. The van der Waals surface area contributed by atoms with Crippen LogP contribution in [0.5, 0.6) is 0 Å². The maximum absolute atomic E-state index is 2.55. The van der Waals surface area contributed by atoms with E-state index in [2.05, 4.69) is 127 Å². The monoisotopic (exact) mass is 461 g/mol. The SMILES string of the molecule is Cc1c2ccccc2c(C)c2c1c1c3c(cc[n+]1C)c(-c1ccccc1)cc1c4ccccc4n2c13. The van der Waals surface area contributed by atoms with Crippen LogP contribution in [0.25, 0.3) is 70.9 Å². The largest absolute Gasteiger partial charge is 0.307 e. The number of para-hydroxylation sites is 1. The Labute approximate surface area is 209 Å². The summed E-state index contributed by atoms with van der Waals surface area (Å²) >= 11 is 0. The molecule has 0 fully saturated rings. The number of nitrogens with zero attached hydrogens (tertiary/aromatic N) is 2. The van der Waals surface area contributed by atoms with E-state index in [1.54, 1.807) is 0 Å². The van der Waals surface area contributed by atoms with Gasteiger partial charge in [-0.05, 0) is 59.0 Å².